The van der Waals surface area contributed by atoms with Gasteiger partial charge in [0.15, 0.2) is 5.69 Å². The number of nitrogens with zero attached hydrogens (tertiary/aromatic N) is 5. The van der Waals surface area contributed by atoms with Crippen molar-refractivity contribution in [2.45, 2.75) is 6.92 Å². The van der Waals surface area contributed by atoms with E-state index in [1.807, 2.05) is 42.2 Å². The van der Waals surface area contributed by atoms with Gasteiger partial charge in [-0.3, -0.25) is 9.69 Å². The smallest absolute Gasteiger partial charge is 0.276 e. The lowest BCUT2D eigenvalue weighted by Crippen LogP contribution is -2.48. The molecular weight excluding hydrogens is 290 g/mol. The molecule has 1 aliphatic rings. The number of rotatable bonds is 4. The van der Waals surface area contributed by atoms with Crippen LogP contribution >= 0.6 is 0 Å². The Hall–Kier alpha value is -2.47. The Labute approximate surface area is 136 Å². The average molecular weight is 311 g/mol. The Kier molecular flexibility index (Phi) is 4.52. The molecule has 23 heavy (non-hydrogen) atoms. The van der Waals surface area contributed by atoms with E-state index in [1.54, 1.807) is 10.9 Å². The first-order valence-corrected chi connectivity index (χ1v) is 7.79. The van der Waals surface area contributed by atoms with Crippen molar-refractivity contribution in [3.8, 4) is 5.69 Å². The molecule has 1 aromatic heterocycles. The van der Waals surface area contributed by atoms with Crippen LogP contribution in [0.25, 0.3) is 5.69 Å². The van der Waals surface area contributed by atoms with E-state index in [2.05, 4.69) is 21.8 Å². The highest BCUT2D eigenvalue weighted by Crippen LogP contribution is 2.11. The first kappa shape index (κ1) is 15.4. The Morgan fingerprint density at radius 2 is 1.91 bits per heavy atom. The van der Waals surface area contributed by atoms with E-state index in [9.17, 15) is 4.79 Å². The molecule has 1 saturated heterocycles. The van der Waals surface area contributed by atoms with E-state index in [4.69, 9.17) is 0 Å². The van der Waals surface area contributed by atoms with Gasteiger partial charge in [0.1, 0.15) is 0 Å². The predicted octanol–water partition coefficient (Wildman–Crippen LogP) is 1.52. The number of benzene rings is 1. The van der Waals surface area contributed by atoms with Crippen molar-refractivity contribution in [3.05, 3.63) is 54.4 Å². The van der Waals surface area contributed by atoms with Crippen LogP contribution in [0.5, 0.6) is 0 Å². The summed E-state index contributed by atoms with van der Waals surface area (Å²) in [5.74, 6) is -0.0541. The van der Waals surface area contributed by atoms with E-state index in [1.165, 1.54) is 5.56 Å². The van der Waals surface area contributed by atoms with Crippen LogP contribution in [-0.4, -0.2) is 63.4 Å². The number of aromatic nitrogens is 3. The monoisotopic (exact) mass is 311 g/mol. The first-order valence-electron chi connectivity index (χ1n) is 7.79. The van der Waals surface area contributed by atoms with Crippen molar-refractivity contribution in [2.24, 2.45) is 0 Å². The summed E-state index contributed by atoms with van der Waals surface area (Å²) >= 11 is 0. The van der Waals surface area contributed by atoms with E-state index < -0.39 is 0 Å². The molecule has 6 heteroatoms. The fourth-order valence-corrected chi connectivity index (χ4v) is 2.66. The molecule has 0 saturated carbocycles. The number of piperazine rings is 1. The summed E-state index contributed by atoms with van der Waals surface area (Å²) in [5, 5.41) is 8.11. The molecule has 0 aliphatic carbocycles. The number of carbonyl (C=O) groups excluding carboxylic acids is 1. The highest BCUT2D eigenvalue weighted by Gasteiger charge is 2.23. The molecule has 1 fully saturated rings. The fraction of sp³-hybridized carbons (Fsp3) is 0.353. The second-order valence-corrected chi connectivity index (χ2v) is 5.77. The van der Waals surface area contributed by atoms with Crippen molar-refractivity contribution in [3.63, 3.8) is 0 Å². The van der Waals surface area contributed by atoms with Crippen molar-refractivity contribution in [1.82, 2.24) is 24.8 Å². The summed E-state index contributed by atoms with van der Waals surface area (Å²) in [5.41, 5.74) is 2.48. The van der Waals surface area contributed by atoms with Gasteiger partial charge in [0.05, 0.1) is 11.9 Å². The zero-order chi connectivity index (χ0) is 16.2. The Morgan fingerprint density at radius 3 is 2.57 bits per heavy atom. The summed E-state index contributed by atoms with van der Waals surface area (Å²) in [6.45, 7) is 9.81. The van der Waals surface area contributed by atoms with Crippen LogP contribution in [0.15, 0.2) is 43.1 Å². The van der Waals surface area contributed by atoms with Gasteiger partial charge in [-0.15, -0.1) is 11.7 Å². The maximum Gasteiger partial charge on any atom is 0.276 e. The number of hydrogen-bond acceptors (Lipinski definition) is 4. The zero-order valence-corrected chi connectivity index (χ0v) is 13.4. The quantitative estimate of drug-likeness (QED) is 0.803. The van der Waals surface area contributed by atoms with Crippen LogP contribution in [0.2, 0.25) is 0 Å². The van der Waals surface area contributed by atoms with Crippen molar-refractivity contribution in [2.75, 3.05) is 32.7 Å². The summed E-state index contributed by atoms with van der Waals surface area (Å²) in [7, 11) is 0. The lowest BCUT2D eigenvalue weighted by molar-refractivity contribution is 0.0644. The number of amides is 1. The molecule has 3 rings (SSSR count). The highest BCUT2D eigenvalue weighted by atomic mass is 16.2. The van der Waals surface area contributed by atoms with E-state index in [0.717, 1.165) is 25.3 Å². The standard InChI is InChI=1S/C17H21N5O/c1-3-8-20-9-11-21(12-10-20)17(23)16-13-22(19-18-16)15-6-4-14(2)5-7-15/h3-7,13H,1,8-12H2,2H3. The van der Waals surface area contributed by atoms with Gasteiger partial charge in [-0.25, -0.2) is 4.68 Å². The number of carbonyl (C=O) groups is 1. The minimum Gasteiger partial charge on any atom is -0.335 e. The maximum absolute atomic E-state index is 12.5. The second-order valence-electron chi connectivity index (χ2n) is 5.77. The number of aryl methyl sites for hydroxylation is 1. The van der Waals surface area contributed by atoms with Gasteiger partial charge in [-0.05, 0) is 19.1 Å². The van der Waals surface area contributed by atoms with E-state index >= 15 is 0 Å². The van der Waals surface area contributed by atoms with Crippen molar-refractivity contribution in [1.29, 1.82) is 0 Å². The summed E-state index contributed by atoms with van der Waals surface area (Å²) in [6, 6.07) is 7.95. The SMILES string of the molecule is C=CCN1CCN(C(=O)c2cn(-c3ccc(C)cc3)nn2)CC1. The van der Waals surface area contributed by atoms with Crippen LogP contribution in [0.4, 0.5) is 0 Å². The third-order valence-electron chi connectivity index (χ3n) is 4.06. The van der Waals surface area contributed by atoms with Crippen LogP contribution < -0.4 is 0 Å². The van der Waals surface area contributed by atoms with Crippen LogP contribution in [-0.2, 0) is 0 Å². The van der Waals surface area contributed by atoms with E-state index in [0.29, 0.717) is 18.8 Å². The molecule has 120 valence electrons. The molecule has 2 heterocycles. The normalized spacial score (nSPS) is 15.6. The fourth-order valence-electron chi connectivity index (χ4n) is 2.66. The van der Waals surface area contributed by atoms with Gasteiger partial charge in [0.25, 0.3) is 5.91 Å². The van der Waals surface area contributed by atoms with Gasteiger partial charge in [0.2, 0.25) is 0 Å². The van der Waals surface area contributed by atoms with Crippen LogP contribution in [0.1, 0.15) is 16.1 Å². The molecule has 0 N–H and O–H groups in total. The summed E-state index contributed by atoms with van der Waals surface area (Å²) in [4.78, 5) is 16.6. The van der Waals surface area contributed by atoms with Gasteiger partial charge in [-0.2, -0.15) is 0 Å². The Bertz CT molecular complexity index is 683. The third kappa shape index (κ3) is 3.48. The Morgan fingerprint density at radius 1 is 1.22 bits per heavy atom. The maximum atomic E-state index is 12.5. The molecule has 0 unspecified atom stereocenters. The van der Waals surface area contributed by atoms with Gasteiger partial charge >= 0.3 is 0 Å². The molecule has 6 nitrogen and oxygen atoms in total. The largest absolute Gasteiger partial charge is 0.335 e. The molecule has 1 aliphatic heterocycles. The lowest BCUT2D eigenvalue weighted by atomic mass is 10.2. The third-order valence-corrected chi connectivity index (χ3v) is 4.06. The van der Waals surface area contributed by atoms with Gasteiger partial charge in [0, 0.05) is 32.7 Å². The summed E-state index contributed by atoms with van der Waals surface area (Å²) < 4.78 is 1.64. The van der Waals surface area contributed by atoms with Gasteiger partial charge < -0.3 is 4.90 Å². The highest BCUT2D eigenvalue weighted by molar-refractivity contribution is 5.92. The van der Waals surface area contributed by atoms with Crippen molar-refractivity contribution >= 4 is 5.91 Å². The Balaban J connectivity index is 1.67. The molecule has 0 spiro atoms. The lowest BCUT2D eigenvalue weighted by Gasteiger charge is -2.33. The molecule has 1 amide bonds. The van der Waals surface area contributed by atoms with Crippen LogP contribution in [0.3, 0.4) is 0 Å². The predicted molar refractivity (Wildman–Crippen MR) is 88.6 cm³/mol. The summed E-state index contributed by atoms with van der Waals surface area (Å²) in [6.07, 6.45) is 3.59. The molecular formula is C17H21N5O. The first-order chi connectivity index (χ1) is 11.2. The zero-order valence-electron chi connectivity index (χ0n) is 13.4. The second kappa shape index (κ2) is 6.75. The van der Waals surface area contributed by atoms with Crippen molar-refractivity contribution < 1.29 is 4.79 Å². The molecule has 0 radical (unpaired) electrons. The van der Waals surface area contributed by atoms with Gasteiger partial charge in [-0.1, -0.05) is 29.0 Å². The minimum absolute atomic E-state index is 0.0541. The molecule has 2 aromatic rings. The molecule has 0 bridgehead atoms. The number of hydrogen-bond donors (Lipinski definition) is 0. The molecule has 0 atom stereocenters. The van der Waals surface area contributed by atoms with E-state index in [-0.39, 0.29) is 5.91 Å². The topological polar surface area (TPSA) is 54.3 Å². The minimum atomic E-state index is -0.0541. The average Bonchev–Trinajstić information content (AvgIpc) is 3.06. The molecule has 1 aromatic carbocycles. The van der Waals surface area contributed by atoms with Crippen LogP contribution in [0, 0.1) is 6.92 Å².